The van der Waals surface area contributed by atoms with Crippen LogP contribution in [0.4, 0.5) is 0 Å². The van der Waals surface area contributed by atoms with Crippen molar-refractivity contribution in [3.63, 3.8) is 0 Å². The number of aliphatic hydroxyl groups excluding tert-OH is 1. The Morgan fingerprint density at radius 1 is 1.00 bits per heavy atom. The van der Waals surface area contributed by atoms with Gasteiger partial charge in [0.05, 0.1) is 17.6 Å². The van der Waals surface area contributed by atoms with E-state index >= 15 is 0 Å². The molecular weight excluding hydrogens is 324 g/mol. The van der Waals surface area contributed by atoms with Crippen LogP contribution in [0.25, 0.3) is 11.0 Å². The lowest BCUT2D eigenvalue weighted by Crippen LogP contribution is -2.10. The van der Waals surface area contributed by atoms with E-state index in [2.05, 4.69) is 61.5 Å². The van der Waals surface area contributed by atoms with E-state index in [1.165, 1.54) is 22.3 Å². The van der Waals surface area contributed by atoms with Crippen LogP contribution in [0.3, 0.4) is 0 Å². The predicted octanol–water partition coefficient (Wildman–Crippen LogP) is 4.79. The average Bonchev–Trinajstić information content (AvgIpc) is 2.93. The maximum atomic E-state index is 10.1. The standard InChI is InChI=1S/C22H28N2O2/c1-14-7-8-19(11-15(14)2)26-10-6-9-24-21-13-17(4)16(3)12-20(21)23-22(24)18(5)25/h7-8,11-13,18,25H,6,9-10H2,1-5H3. The zero-order chi connectivity index (χ0) is 18.8. The summed E-state index contributed by atoms with van der Waals surface area (Å²) in [7, 11) is 0. The quantitative estimate of drug-likeness (QED) is 0.649. The molecule has 0 radical (unpaired) electrons. The summed E-state index contributed by atoms with van der Waals surface area (Å²) in [4.78, 5) is 4.64. The zero-order valence-corrected chi connectivity index (χ0v) is 16.3. The summed E-state index contributed by atoms with van der Waals surface area (Å²) in [6.45, 7) is 11.6. The first kappa shape index (κ1) is 18.5. The topological polar surface area (TPSA) is 47.3 Å². The van der Waals surface area contributed by atoms with E-state index in [9.17, 15) is 5.11 Å². The first-order valence-electron chi connectivity index (χ1n) is 9.22. The minimum absolute atomic E-state index is 0.594. The molecule has 0 aliphatic heterocycles. The average molecular weight is 352 g/mol. The van der Waals surface area contributed by atoms with E-state index in [-0.39, 0.29) is 0 Å². The number of aliphatic hydroxyl groups is 1. The molecule has 1 atom stereocenters. The Morgan fingerprint density at radius 3 is 2.38 bits per heavy atom. The fraction of sp³-hybridized carbons (Fsp3) is 0.409. The lowest BCUT2D eigenvalue weighted by atomic mass is 10.1. The summed E-state index contributed by atoms with van der Waals surface area (Å²) in [5.41, 5.74) is 6.99. The molecule has 3 aromatic rings. The number of fused-ring (bicyclic) bond motifs is 1. The zero-order valence-electron chi connectivity index (χ0n) is 16.3. The SMILES string of the molecule is Cc1ccc(OCCCn2c(C(C)O)nc3cc(C)c(C)cc32)cc1C. The molecule has 0 bridgehead atoms. The molecule has 4 nitrogen and oxygen atoms in total. The fourth-order valence-corrected chi connectivity index (χ4v) is 3.17. The van der Waals surface area contributed by atoms with Crippen LogP contribution < -0.4 is 4.74 Å². The summed E-state index contributed by atoms with van der Waals surface area (Å²) in [5.74, 6) is 1.63. The number of rotatable bonds is 6. The predicted molar refractivity (Wildman–Crippen MR) is 106 cm³/mol. The number of imidazole rings is 1. The molecular formula is C22H28N2O2. The van der Waals surface area contributed by atoms with Crippen LogP contribution in [0.1, 0.15) is 47.5 Å². The van der Waals surface area contributed by atoms with Crippen molar-refractivity contribution in [2.75, 3.05) is 6.61 Å². The van der Waals surface area contributed by atoms with E-state index in [1.54, 1.807) is 6.92 Å². The number of hydrogen-bond acceptors (Lipinski definition) is 3. The summed E-state index contributed by atoms with van der Waals surface area (Å²) in [5, 5.41) is 10.1. The summed E-state index contributed by atoms with van der Waals surface area (Å²) in [6, 6.07) is 10.4. The van der Waals surface area contributed by atoms with Crippen LogP contribution in [0.2, 0.25) is 0 Å². The first-order valence-corrected chi connectivity index (χ1v) is 9.22. The second-order valence-corrected chi connectivity index (χ2v) is 7.17. The first-order chi connectivity index (χ1) is 12.4. The molecule has 0 saturated heterocycles. The lowest BCUT2D eigenvalue weighted by molar-refractivity contribution is 0.183. The molecule has 0 fully saturated rings. The van der Waals surface area contributed by atoms with Gasteiger partial charge in [0.2, 0.25) is 0 Å². The molecule has 1 N–H and O–H groups in total. The molecule has 0 aliphatic rings. The van der Waals surface area contributed by atoms with E-state index in [0.717, 1.165) is 35.6 Å². The molecule has 2 aromatic carbocycles. The molecule has 3 rings (SSSR count). The van der Waals surface area contributed by atoms with Crippen molar-refractivity contribution < 1.29 is 9.84 Å². The highest BCUT2D eigenvalue weighted by molar-refractivity contribution is 5.78. The van der Waals surface area contributed by atoms with Crippen molar-refractivity contribution in [3.8, 4) is 5.75 Å². The van der Waals surface area contributed by atoms with Crippen LogP contribution in [0.15, 0.2) is 30.3 Å². The highest BCUT2D eigenvalue weighted by Crippen LogP contribution is 2.24. The van der Waals surface area contributed by atoms with Crippen molar-refractivity contribution in [3.05, 3.63) is 58.4 Å². The van der Waals surface area contributed by atoms with E-state index in [0.29, 0.717) is 6.61 Å². The van der Waals surface area contributed by atoms with Gasteiger partial charge >= 0.3 is 0 Å². The van der Waals surface area contributed by atoms with E-state index in [4.69, 9.17) is 4.74 Å². The number of ether oxygens (including phenoxy) is 1. The van der Waals surface area contributed by atoms with Gasteiger partial charge in [0.15, 0.2) is 0 Å². The van der Waals surface area contributed by atoms with Crippen molar-refractivity contribution in [1.82, 2.24) is 9.55 Å². The molecule has 138 valence electrons. The lowest BCUT2D eigenvalue weighted by Gasteiger charge is -2.12. The number of aromatic nitrogens is 2. The molecule has 1 unspecified atom stereocenters. The van der Waals surface area contributed by atoms with Gasteiger partial charge in [-0.2, -0.15) is 0 Å². The Kier molecular flexibility index (Phi) is 5.33. The van der Waals surface area contributed by atoms with Crippen molar-refractivity contribution in [1.29, 1.82) is 0 Å². The monoisotopic (exact) mass is 352 g/mol. The van der Waals surface area contributed by atoms with Crippen LogP contribution in [0, 0.1) is 27.7 Å². The van der Waals surface area contributed by atoms with Gasteiger partial charge in [-0.05, 0) is 87.6 Å². The Balaban J connectivity index is 1.74. The number of nitrogens with zero attached hydrogens (tertiary/aromatic N) is 2. The normalized spacial score (nSPS) is 12.5. The van der Waals surface area contributed by atoms with Crippen molar-refractivity contribution in [2.45, 2.75) is 53.7 Å². The van der Waals surface area contributed by atoms with Gasteiger partial charge in [0.25, 0.3) is 0 Å². The largest absolute Gasteiger partial charge is 0.494 e. The minimum Gasteiger partial charge on any atom is -0.494 e. The maximum absolute atomic E-state index is 10.1. The Labute approximate surface area is 155 Å². The summed E-state index contributed by atoms with van der Waals surface area (Å²) in [6.07, 6.45) is 0.258. The molecule has 0 saturated carbocycles. The van der Waals surface area contributed by atoms with Crippen LogP contribution in [-0.4, -0.2) is 21.3 Å². The Morgan fingerprint density at radius 2 is 1.69 bits per heavy atom. The number of hydrogen-bond donors (Lipinski definition) is 1. The fourth-order valence-electron chi connectivity index (χ4n) is 3.17. The highest BCUT2D eigenvalue weighted by atomic mass is 16.5. The van der Waals surface area contributed by atoms with Crippen molar-refractivity contribution >= 4 is 11.0 Å². The Bertz CT molecular complexity index is 926. The van der Waals surface area contributed by atoms with Gasteiger partial charge in [-0.3, -0.25) is 0 Å². The molecule has 0 amide bonds. The van der Waals surface area contributed by atoms with Gasteiger partial charge in [-0.15, -0.1) is 0 Å². The van der Waals surface area contributed by atoms with Gasteiger partial charge in [0, 0.05) is 6.54 Å². The smallest absolute Gasteiger partial charge is 0.138 e. The molecule has 0 aliphatic carbocycles. The van der Waals surface area contributed by atoms with Crippen LogP contribution in [0.5, 0.6) is 5.75 Å². The third-order valence-corrected chi connectivity index (χ3v) is 5.04. The molecule has 1 aromatic heterocycles. The second kappa shape index (κ2) is 7.50. The highest BCUT2D eigenvalue weighted by Gasteiger charge is 2.15. The summed E-state index contributed by atoms with van der Waals surface area (Å²) >= 11 is 0. The van der Waals surface area contributed by atoms with Gasteiger partial charge < -0.3 is 14.4 Å². The van der Waals surface area contributed by atoms with Gasteiger partial charge in [-0.25, -0.2) is 4.98 Å². The van der Waals surface area contributed by atoms with E-state index < -0.39 is 6.10 Å². The van der Waals surface area contributed by atoms with Gasteiger partial charge in [-0.1, -0.05) is 6.07 Å². The van der Waals surface area contributed by atoms with E-state index in [1.807, 2.05) is 6.07 Å². The third kappa shape index (κ3) is 3.75. The third-order valence-electron chi connectivity index (χ3n) is 5.04. The van der Waals surface area contributed by atoms with Crippen LogP contribution >= 0.6 is 0 Å². The second-order valence-electron chi connectivity index (χ2n) is 7.17. The minimum atomic E-state index is -0.594. The van der Waals surface area contributed by atoms with Crippen LogP contribution in [-0.2, 0) is 6.54 Å². The Hall–Kier alpha value is -2.33. The molecule has 4 heteroatoms. The molecule has 1 heterocycles. The van der Waals surface area contributed by atoms with Crippen molar-refractivity contribution in [2.24, 2.45) is 0 Å². The van der Waals surface area contributed by atoms with Gasteiger partial charge in [0.1, 0.15) is 17.7 Å². The molecule has 0 spiro atoms. The number of aryl methyl sites for hydroxylation is 5. The molecule has 26 heavy (non-hydrogen) atoms. The maximum Gasteiger partial charge on any atom is 0.138 e. The number of benzene rings is 2. The summed E-state index contributed by atoms with van der Waals surface area (Å²) < 4.78 is 8.02.